The minimum absolute atomic E-state index is 0.341. The van der Waals surface area contributed by atoms with Crippen LogP contribution in [0, 0.1) is 0 Å². The molecule has 0 bridgehead atoms. The van der Waals surface area contributed by atoms with Crippen LogP contribution in [0.1, 0.15) is 5.56 Å². The molecule has 8 heteroatoms. The Morgan fingerprint density at radius 2 is 1.67 bits per heavy atom. The van der Waals surface area contributed by atoms with Crippen LogP contribution in [0.2, 0.25) is 0 Å². The Morgan fingerprint density at radius 3 is 2.06 bits per heavy atom. The van der Waals surface area contributed by atoms with Gasteiger partial charge < -0.3 is 4.90 Å². The Kier molecular flexibility index (Phi) is 4.23. The highest BCUT2D eigenvalue weighted by Gasteiger charge is 2.47. The fourth-order valence-corrected chi connectivity index (χ4v) is 1.53. The molecule has 4 nitrogen and oxygen atoms in total. The molecule has 0 saturated carbocycles. The highest BCUT2D eigenvalue weighted by atomic mass is 32.2. The smallest absolute Gasteiger partial charge is 0.378 e. The molecule has 0 aliphatic carbocycles. The first-order valence-electron chi connectivity index (χ1n) is 4.85. The van der Waals surface area contributed by atoms with Crippen LogP contribution in [0.4, 0.5) is 18.9 Å². The van der Waals surface area contributed by atoms with Gasteiger partial charge in [0, 0.05) is 19.8 Å². The molecule has 102 valence electrons. The number of nitrogens with zero attached hydrogens (tertiary/aromatic N) is 1. The van der Waals surface area contributed by atoms with Crippen molar-refractivity contribution < 1.29 is 25.8 Å². The van der Waals surface area contributed by atoms with E-state index in [-0.39, 0.29) is 0 Å². The van der Waals surface area contributed by atoms with E-state index < -0.39 is 22.2 Å². The summed E-state index contributed by atoms with van der Waals surface area (Å²) in [5.74, 6) is 0. The normalized spacial score (nSPS) is 12.5. The van der Waals surface area contributed by atoms with Crippen LogP contribution in [0.3, 0.4) is 0 Å². The van der Waals surface area contributed by atoms with Crippen molar-refractivity contribution in [2.75, 3.05) is 19.0 Å². The van der Waals surface area contributed by atoms with Gasteiger partial charge in [0.2, 0.25) is 0 Å². The molecule has 1 aromatic carbocycles. The molecule has 18 heavy (non-hydrogen) atoms. The quantitative estimate of drug-likeness (QED) is 0.627. The van der Waals surface area contributed by atoms with E-state index in [4.69, 9.17) is 0 Å². The van der Waals surface area contributed by atoms with Gasteiger partial charge in [-0.2, -0.15) is 21.6 Å². The van der Waals surface area contributed by atoms with E-state index in [1.807, 2.05) is 0 Å². The lowest BCUT2D eigenvalue weighted by Crippen LogP contribution is -2.25. The Bertz CT molecular complexity index is 494. The lowest BCUT2D eigenvalue weighted by atomic mass is 10.2. The summed E-state index contributed by atoms with van der Waals surface area (Å²) < 4.78 is 61.2. The molecular formula is C10H12F3NO3S. The van der Waals surface area contributed by atoms with E-state index in [9.17, 15) is 21.6 Å². The summed E-state index contributed by atoms with van der Waals surface area (Å²) in [5, 5.41) is 0. The van der Waals surface area contributed by atoms with Gasteiger partial charge in [-0.1, -0.05) is 12.1 Å². The van der Waals surface area contributed by atoms with Gasteiger partial charge in [0.25, 0.3) is 0 Å². The number of rotatable bonds is 4. The number of hydrogen-bond acceptors (Lipinski definition) is 4. The highest BCUT2D eigenvalue weighted by molar-refractivity contribution is 7.87. The van der Waals surface area contributed by atoms with Crippen molar-refractivity contribution in [3.63, 3.8) is 0 Å². The van der Waals surface area contributed by atoms with Gasteiger partial charge in [-0.3, -0.25) is 4.18 Å². The minimum atomic E-state index is -5.53. The summed E-state index contributed by atoms with van der Waals surface area (Å²) in [5.41, 5.74) is -4.21. The van der Waals surface area contributed by atoms with E-state index in [1.54, 1.807) is 31.1 Å². The summed E-state index contributed by atoms with van der Waals surface area (Å²) in [6.07, 6.45) is 0. The Balaban J connectivity index is 2.71. The van der Waals surface area contributed by atoms with Crippen molar-refractivity contribution in [3.05, 3.63) is 29.8 Å². The van der Waals surface area contributed by atoms with Gasteiger partial charge in [-0.25, -0.2) is 0 Å². The van der Waals surface area contributed by atoms with Crippen molar-refractivity contribution in [1.29, 1.82) is 0 Å². The monoisotopic (exact) mass is 283 g/mol. The first kappa shape index (κ1) is 14.8. The maximum Gasteiger partial charge on any atom is 0.523 e. The molecule has 0 radical (unpaired) electrons. The van der Waals surface area contributed by atoms with Gasteiger partial charge in [0.1, 0.15) is 0 Å². The maximum atomic E-state index is 12.0. The molecule has 1 aromatic rings. The summed E-state index contributed by atoms with van der Waals surface area (Å²) >= 11 is 0. The third kappa shape index (κ3) is 3.61. The molecular weight excluding hydrogens is 271 g/mol. The molecule has 1 rings (SSSR count). The summed E-state index contributed by atoms with van der Waals surface area (Å²) in [7, 11) is -1.92. The van der Waals surface area contributed by atoms with Crippen molar-refractivity contribution >= 4 is 15.8 Å². The third-order valence-electron chi connectivity index (χ3n) is 2.12. The lowest BCUT2D eigenvalue weighted by Gasteiger charge is -2.13. The van der Waals surface area contributed by atoms with Crippen LogP contribution in [0.15, 0.2) is 24.3 Å². The fourth-order valence-electron chi connectivity index (χ4n) is 1.10. The van der Waals surface area contributed by atoms with Crippen molar-refractivity contribution in [2.24, 2.45) is 0 Å². The molecule has 0 aliphatic rings. The maximum absolute atomic E-state index is 12.0. The molecule has 0 N–H and O–H groups in total. The van der Waals surface area contributed by atoms with Crippen LogP contribution in [-0.4, -0.2) is 28.0 Å². The average molecular weight is 283 g/mol. The molecule has 0 spiro atoms. The van der Waals surface area contributed by atoms with Crippen molar-refractivity contribution in [2.45, 2.75) is 12.1 Å². The van der Waals surface area contributed by atoms with Crippen LogP contribution in [0.5, 0.6) is 0 Å². The minimum Gasteiger partial charge on any atom is -0.378 e. The molecule has 0 atom stereocenters. The van der Waals surface area contributed by atoms with E-state index in [2.05, 4.69) is 4.18 Å². The van der Waals surface area contributed by atoms with Crippen molar-refractivity contribution in [1.82, 2.24) is 0 Å². The van der Waals surface area contributed by atoms with Crippen LogP contribution in [0.25, 0.3) is 0 Å². The van der Waals surface area contributed by atoms with Crippen LogP contribution in [-0.2, 0) is 20.9 Å². The second-order valence-electron chi connectivity index (χ2n) is 3.72. The summed E-state index contributed by atoms with van der Waals surface area (Å²) in [4.78, 5) is 1.80. The van der Waals surface area contributed by atoms with E-state index in [1.165, 1.54) is 12.1 Å². The number of anilines is 1. The molecule has 0 saturated heterocycles. The van der Waals surface area contributed by atoms with Gasteiger partial charge in [0.05, 0.1) is 6.61 Å². The number of halogens is 3. The van der Waals surface area contributed by atoms with Gasteiger partial charge in [0.15, 0.2) is 0 Å². The molecule has 0 aliphatic heterocycles. The van der Waals surface area contributed by atoms with E-state index in [0.29, 0.717) is 5.56 Å². The largest absolute Gasteiger partial charge is 0.523 e. The SMILES string of the molecule is CN(C)c1ccc(COS(=O)(=O)C(F)(F)F)cc1. The Labute approximate surface area is 103 Å². The first-order valence-corrected chi connectivity index (χ1v) is 6.26. The second-order valence-corrected chi connectivity index (χ2v) is 5.33. The number of benzene rings is 1. The fraction of sp³-hybridized carbons (Fsp3) is 0.400. The zero-order chi connectivity index (χ0) is 14.0. The van der Waals surface area contributed by atoms with Crippen LogP contribution >= 0.6 is 0 Å². The Hall–Kier alpha value is -1.28. The third-order valence-corrected chi connectivity index (χ3v) is 3.11. The predicted molar refractivity (Wildman–Crippen MR) is 60.5 cm³/mol. The zero-order valence-corrected chi connectivity index (χ0v) is 10.5. The molecule has 0 aromatic heterocycles. The second kappa shape index (κ2) is 5.15. The van der Waals surface area contributed by atoms with Crippen molar-refractivity contribution in [3.8, 4) is 0 Å². The molecule has 0 amide bonds. The summed E-state index contributed by atoms with van der Waals surface area (Å²) in [6, 6.07) is 6.31. The molecule has 0 unspecified atom stereocenters. The first-order chi connectivity index (χ1) is 8.13. The highest BCUT2D eigenvalue weighted by Crippen LogP contribution is 2.25. The summed E-state index contributed by atoms with van der Waals surface area (Å²) in [6.45, 7) is -0.643. The Morgan fingerprint density at radius 1 is 1.17 bits per heavy atom. The van der Waals surface area contributed by atoms with Gasteiger partial charge in [-0.15, -0.1) is 0 Å². The molecule has 0 fully saturated rings. The average Bonchev–Trinajstić information content (AvgIpc) is 2.25. The van der Waals surface area contributed by atoms with Gasteiger partial charge in [-0.05, 0) is 17.7 Å². The number of alkyl halides is 3. The lowest BCUT2D eigenvalue weighted by molar-refractivity contribution is -0.0547. The number of hydrogen-bond donors (Lipinski definition) is 0. The zero-order valence-electron chi connectivity index (χ0n) is 9.73. The topological polar surface area (TPSA) is 46.6 Å². The predicted octanol–water partition coefficient (Wildman–Crippen LogP) is 2.12. The standard InChI is InChI=1S/C10H12F3NO3S/c1-14(2)9-5-3-8(4-6-9)7-17-18(15,16)10(11,12)13/h3-6H,7H2,1-2H3. The van der Waals surface area contributed by atoms with Gasteiger partial charge >= 0.3 is 15.6 Å². The van der Waals surface area contributed by atoms with Crippen LogP contribution < -0.4 is 4.90 Å². The van der Waals surface area contributed by atoms with E-state index in [0.717, 1.165) is 5.69 Å². The molecule has 0 heterocycles. The van der Waals surface area contributed by atoms with E-state index >= 15 is 0 Å².